The summed E-state index contributed by atoms with van der Waals surface area (Å²) in [6.07, 6.45) is 0. The normalized spacial score (nSPS) is 1.60. The van der Waals surface area contributed by atoms with E-state index in [9.17, 15) is 0 Å². The monoisotopic (exact) mass is 183 g/mol. The van der Waals surface area contributed by atoms with E-state index in [0.29, 0.717) is 0 Å². The minimum atomic E-state index is -2.00. The molecule has 0 heterocycles. The molecule has 0 aliphatic carbocycles. The van der Waals surface area contributed by atoms with E-state index in [-0.39, 0.29) is 38.8 Å². The Morgan fingerprint density at radius 2 is 1.20 bits per heavy atom. The van der Waals surface area contributed by atoms with Crippen molar-refractivity contribution in [2.75, 3.05) is 0 Å². The van der Waals surface area contributed by atoms with Crippen LogP contribution >= 0.6 is 0 Å². The topological polar surface area (TPSA) is 34.1 Å². The Bertz CT molecular complexity index is 28.6. The Morgan fingerprint density at radius 1 is 1.20 bits per heavy atom. The minimum Gasteiger partial charge on any atom is 0 e. The average Bonchev–Trinajstić information content (AvgIpc) is 0.918. The van der Waals surface area contributed by atoms with Gasteiger partial charge in [0.2, 0.25) is 0 Å². The second-order valence-corrected chi connectivity index (χ2v) is 0.344. The first-order valence-corrected chi connectivity index (χ1v) is 1.68. The van der Waals surface area contributed by atoms with Crippen LogP contribution in [0.2, 0.25) is 0 Å². The zero-order valence-corrected chi connectivity index (χ0v) is 6.50. The van der Waals surface area contributed by atoms with E-state index in [1.165, 1.54) is 0 Å². The van der Waals surface area contributed by atoms with Crippen molar-refractivity contribution >= 4 is 0 Å². The third-order valence-electron chi connectivity index (χ3n) is 0. The molecule has 0 aliphatic heterocycles. The summed E-state index contributed by atoms with van der Waals surface area (Å²) in [4.78, 5) is 0. The molecule has 0 spiro atoms. The molecule has 0 aromatic rings. The van der Waals surface area contributed by atoms with Crippen LogP contribution in [0.5, 0.6) is 0 Å². The largest absolute Gasteiger partial charge is 0 e. The minimum absolute atomic E-state index is 0. The molecule has 0 aromatic heterocycles. The van der Waals surface area contributed by atoms with Crippen molar-refractivity contribution in [1.29, 1.82) is 0 Å². The van der Waals surface area contributed by atoms with Crippen LogP contribution in [-0.4, -0.2) is 0 Å². The molecule has 0 aromatic carbocycles. The Balaban J connectivity index is -0.0000000200. The number of rotatable bonds is 0. The summed E-state index contributed by atoms with van der Waals surface area (Å²) >= 11 is -2.00. The fourth-order valence-corrected chi connectivity index (χ4v) is 0. The molecule has 0 atom stereocenters. The maximum absolute atomic E-state index is 8.50. The summed E-state index contributed by atoms with van der Waals surface area (Å²) < 4.78 is 17.0. The van der Waals surface area contributed by atoms with Crippen LogP contribution in [0.4, 0.5) is 0 Å². The zero-order valence-electron chi connectivity index (χ0n) is 2.19. The van der Waals surface area contributed by atoms with E-state index in [2.05, 4.69) is 0 Å². The van der Waals surface area contributed by atoms with Gasteiger partial charge in [0, 0.05) is 38.8 Å². The summed E-state index contributed by atoms with van der Waals surface area (Å²) in [5.74, 6) is 0. The molecule has 2 nitrogen and oxygen atoms in total. The van der Waals surface area contributed by atoms with Gasteiger partial charge in [-0.2, -0.15) is 0 Å². The predicted octanol–water partition coefficient (Wildman–Crippen LogP) is -0.245. The maximum atomic E-state index is 8.50. The van der Waals surface area contributed by atoms with Crippen molar-refractivity contribution in [2.45, 2.75) is 0 Å². The predicted molar refractivity (Wildman–Crippen MR) is 1.37 cm³/mol. The maximum Gasteiger partial charge on any atom is 0 e. The Morgan fingerprint density at radius 3 is 1.20 bits per heavy atom. The van der Waals surface area contributed by atoms with Gasteiger partial charge >= 0.3 is 25.7 Å². The van der Waals surface area contributed by atoms with Gasteiger partial charge in [-0.05, 0) is 0 Å². The number of hydrogen-bond acceptors (Lipinski definition) is 2. The molecule has 0 rings (SSSR count). The summed E-state index contributed by atoms with van der Waals surface area (Å²) in [6.45, 7) is 0. The first-order valence-electron chi connectivity index (χ1n) is 0.408. The van der Waals surface area contributed by atoms with E-state index in [0.717, 1.165) is 0 Å². The first-order chi connectivity index (χ1) is 1.41. The molecule has 0 aliphatic rings. The van der Waals surface area contributed by atoms with Crippen LogP contribution in [-0.2, 0) is 64.5 Å². The van der Waals surface area contributed by atoms with Crippen LogP contribution in [0.1, 0.15) is 0 Å². The van der Waals surface area contributed by atoms with Gasteiger partial charge in [0.1, 0.15) is 0 Å². The quantitative estimate of drug-likeness (QED) is 0.485. The third kappa shape index (κ3) is 29.1. The van der Waals surface area contributed by atoms with Crippen molar-refractivity contribution < 1.29 is 64.5 Å². The Labute approximate surface area is 64.0 Å². The van der Waals surface area contributed by atoms with Crippen molar-refractivity contribution in [1.82, 2.24) is 0 Å². The van der Waals surface area contributed by atoms with E-state index in [1.54, 1.807) is 0 Å². The van der Waals surface area contributed by atoms with Crippen LogP contribution in [0.15, 0.2) is 0 Å². The number of hydrogen-bond donors (Lipinski definition) is 0. The molecular formula is MnO2Ti2. The summed E-state index contributed by atoms with van der Waals surface area (Å²) in [5.41, 5.74) is 0. The molecule has 0 fully saturated rings. The zero-order chi connectivity index (χ0) is 2.71. The fourth-order valence-electron chi connectivity index (χ4n) is 0. The van der Waals surface area contributed by atoms with Crippen LogP contribution in [0.3, 0.4) is 0 Å². The smallest absolute Gasteiger partial charge is 0 e. The molecule has 0 unspecified atom stereocenters. The van der Waals surface area contributed by atoms with Crippen LogP contribution in [0.25, 0.3) is 0 Å². The summed E-state index contributed by atoms with van der Waals surface area (Å²) in [5, 5.41) is 0. The molecule has 1 radical (unpaired) electrons. The second kappa shape index (κ2) is 17.7. The van der Waals surface area contributed by atoms with Gasteiger partial charge in [-0.15, -0.1) is 0 Å². The van der Waals surface area contributed by atoms with Crippen molar-refractivity contribution in [3.63, 3.8) is 0 Å². The van der Waals surface area contributed by atoms with Crippen molar-refractivity contribution in [2.24, 2.45) is 0 Å². The molecule has 0 saturated carbocycles. The van der Waals surface area contributed by atoms with Gasteiger partial charge < -0.3 is 0 Å². The summed E-state index contributed by atoms with van der Waals surface area (Å²) in [7, 11) is 0. The Hall–Kier alpha value is 1.55. The molecule has 0 saturated heterocycles. The fraction of sp³-hybridized carbons (Fsp3) is 0. The third-order valence-corrected chi connectivity index (χ3v) is 0. The molecule has 5 heteroatoms. The SMILES string of the molecule is [Mn].[O]=[Ti]=[O].[Ti]. The van der Waals surface area contributed by atoms with Crippen molar-refractivity contribution in [3.05, 3.63) is 0 Å². The van der Waals surface area contributed by atoms with Gasteiger partial charge in [0.25, 0.3) is 0 Å². The molecule has 0 bridgehead atoms. The van der Waals surface area contributed by atoms with Crippen LogP contribution in [0, 0.1) is 0 Å². The first kappa shape index (κ1) is 16.0. The van der Waals surface area contributed by atoms with E-state index < -0.39 is 19.1 Å². The van der Waals surface area contributed by atoms with E-state index in [1.807, 2.05) is 0 Å². The van der Waals surface area contributed by atoms with Crippen molar-refractivity contribution in [3.8, 4) is 0 Å². The van der Waals surface area contributed by atoms with Gasteiger partial charge in [-0.25, -0.2) is 0 Å². The average molecular weight is 183 g/mol. The van der Waals surface area contributed by atoms with Crippen LogP contribution < -0.4 is 0 Å². The van der Waals surface area contributed by atoms with Gasteiger partial charge in [-0.1, -0.05) is 0 Å². The van der Waals surface area contributed by atoms with E-state index >= 15 is 0 Å². The van der Waals surface area contributed by atoms with Gasteiger partial charge in [0.05, 0.1) is 0 Å². The van der Waals surface area contributed by atoms with Gasteiger partial charge in [0.15, 0.2) is 0 Å². The second-order valence-electron chi connectivity index (χ2n) is 0.0833. The molecule has 5 heavy (non-hydrogen) atoms. The standard InChI is InChI=1S/Mn.2O.2Ti. The molecule has 0 amide bonds. The summed E-state index contributed by atoms with van der Waals surface area (Å²) in [6, 6.07) is 0. The van der Waals surface area contributed by atoms with E-state index in [4.69, 9.17) is 6.65 Å². The Kier molecular flexibility index (Phi) is 56.6. The molecule has 27 valence electrons. The molecular weight excluding hydrogens is 183 g/mol. The molecule has 0 N–H and O–H groups in total. The van der Waals surface area contributed by atoms with Gasteiger partial charge in [-0.3, -0.25) is 0 Å².